The summed E-state index contributed by atoms with van der Waals surface area (Å²) in [6.07, 6.45) is 0. The minimum absolute atomic E-state index is 0.000930. The van der Waals surface area contributed by atoms with Crippen molar-refractivity contribution >= 4 is 21.6 Å². The van der Waals surface area contributed by atoms with E-state index in [1.165, 1.54) is 0 Å². The van der Waals surface area contributed by atoms with Crippen molar-refractivity contribution < 1.29 is 9.84 Å². The SMILES string of the molecule is CNc1cc(Br)c(CO)cc1OC. The van der Waals surface area contributed by atoms with Crippen LogP contribution in [-0.4, -0.2) is 19.3 Å². The average Bonchev–Trinajstić information content (AvgIpc) is 2.17. The standard InChI is InChI=1S/C9H12BrNO2/c1-11-8-4-7(10)6(5-12)3-9(8)13-2/h3-4,11-12H,5H2,1-2H3. The van der Waals surface area contributed by atoms with E-state index >= 15 is 0 Å². The number of hydrogen-bond acceptors (Lipinski definition) is 3. The highest BCUT2D eigenvalue weighted by Gasteiger charge is 2.06. The van der Waals surface area contributed by atoms with E-state index in [0.29, 0.717) is 0 Å². The molecular formula is C9H12BrNO2. The summed E-state index contributed by atoms with van der Waals surface area (Å²) in [6, 6.07) is 3.68. The number of halogens is 1. The molecule has 13 heavy (non-hydrogen) atoms. The molecule has 0 aliphatic heterocycles. The molecule has 0 aliphatic rings. The van der Waals surface area contributed by atoms with Crippen molar-refractivity contribution in [3.05, 3.63) is 22.2 Å². The van der Waals surface area contributed by atoms with Gasteiger partial charge in [0, 0.05) is 11.5 Å². The van der Waals surface area contributed by atoms with E-state index in [-0.39, 0.29) is 6.61 Å². The Hall–Kier alpha value is -0.740. The number of nitrogens with one attached hydrogen (secondary N) is 1. The molecule has 1 aromatic carbocycles. The van der Waals surface area contributed by atoms with E-state index in [2.05, 4.69) is 21.2 Å². The number of methoxy groups -OCH3 is 1. The Morgan fingerprint density at radius 1 is 1.54 bits per heavy atom. The predicted molar refractivity (Wildman–Crippen MR) is 56.2 cm³/mol. The fourth-order valence-corrected chi connectivity index (χ4v) is 1.55. The van der Waals surface area contributed by atoms with Crippen LogP contribution in [0.3, 0.4) is 0 Å². The minimum atomic E-state index is 0.000930. The van der Waals surface area contributed by atoms with Gasteiger partial charge in [0.1, 0.15) is 5.75 Å². The van der Waals surface area contributed by atoms with Crippen molar-refractivity contribution in [3.8, 4) is 5.75 Å². The van der Waals surface area contributed by atoms with Crippen LogP contribution in [0.15, 0.2) is 16.6 Å². The zero-order chi connectivity index (χ0) is 9.84. The molecule has 0 aliphatic carbocycles. The Morgan fingerprint density at radius 3 is 2.69 bits per heavy atom. The summed E-state index contributed by atoms with van der Waals surface area (Å²) in [5.74, 6) is 0.731. The molecule has 3 nitrogen and oxygen atoms in total. The topological polar surface area (TPSA) is 41.5 Å². The van der Waals surface area contributed by atoms with Gasteiger partial charge >= 0.3 is 0 Å². The van der Waals surface area contributed by atoms with Crippen LogP contribution in [0.1, 0.15) is 5.56 Å². The Bertz CT molecular complexity index is 302. The third kappa shape index (κ3) is 2.14. The molecule has 2 N–H and O–H groups in total. The third-order valence-corrected chi connectivity index (χ3v) is 2.55. The van der Waals surface area contributed by atoms with Gasteiger partial charge in [0.2, 0.25) is 0 Å². The Balaban J connectivity index is 3.18. The Morgan fingerprint density at radius 2 is 2.23 bits per heavy atom. The van der Waals surface area contributed by atoms with Crippen LogP contribution in [0.25, 0.3) is 0 Å². The quantitative estimate of drug-likeness (QED) is 0.856. The number of anilines is 1. The van der Waals surface area contributed by atoms with Crippen molar-refractivity contribution in [1.82, 2.24) is 0 Å². The van der Waals surface area contributed by atoms with Crippen LogP contribution in [-0.2, 0) is 6.61 Å². The molecular weight excluding hydrogens is 234 g/mol. The monoisotopic (exact) mass is 245 g/mol. The van der Waals surface area contributed by atoms with Crippen LogP contribution in [0.4, 0.5) is 5.69 Å². The molecule has 0 saturated carbocycles. The lowest BCUT2D eigenvalue weighted by molar-refractivity contribution is 0.280. The molecule has 1 rings (SSSR count). The van der Waals surface area contributed by atoms with Crippen LogP contribution in [0.5, 0.6) is 5.75 Å². The van der Waals surface area contributed by atoms with Gasteiger partial charge < -0.3 is 15.2 Å². The summed E-state index contributed by atoms with van der Waals surface area (Å²) in [4.78, 5) is 0. The summed E-state index contributed by atoms with van der Waals surface area (Å²) in [6.45, 7) is 0.000930. The van der Waals surface area contributed by atoms with Crippen molar-refractivity contribution in [2.24, 2.45) is 0 Å². The molecule has 0 radical (unpaired) electrons. The number of ether oxygens (including phenoxy) is 1. The minimum Gasteiger partial charge on any atom is -0.495 e. The van der Waals surface area contributed by atoms with Gasteiger partial charge in [-0.1, -0.05) is 15.9 Å². The van der Waals surface area contributed by atoms with Crippen LogP contribution in [0.2, 0.25) is 0 Å². The van der Waals surface area contributed by atoms with Gasteiger partial charge in [0.05, 0.1) is 19.4 Å². The van der Waals surface area contributed by atoms with Crippen LogP contribution < -0.4 is 10.1 Å². The number of hydrogen-bond donors (Lipinski definition) is 2. The lowest BCUT2D eigenvalue weighted by Crippen LogP contribution is -1.96. The molecule has 0 heterocycles. The summed E-state index contributed by atoms with van der Waals surface area (Å²) < 4.78 is 6.01. The van der Waals surface area contributed by atoms with Crippen molar-refractivity contribution in [2.45, 2.75) is 6.61 Å². The van der Waals surface area contributed by atoms with E-state index < -0.39 is 0 Å². The Labute approximate surface area is 85.9 Å². The lowest BCUT2D eigenvalue weighted by Gasteiger charge is -2.10. The fourth-order valence-electron chi connectivity index (χ4n) is 1.08. The van der Waals surface area contributed by atoms with Gasteiger partial charge in [-0.2, -0.15) is 0 Å². The maximum Gasteiger partial charge on any atom is 0.142 e. The van der Waals surface area contributed by atoms with Gasteiger partial charge in [-0.05, 0) is 17.7 Å². The van der Waals surface area contributed by atoms with E-state index in [4.69, 9.17) is 9.84 Å². The molecule has 4 heteroatoms. The second kappa shape index (κ2) is 4.48. The summed E-state index contributed by atoms with van der Waals surface area (Å²) in [5.41, 5.74) is 1.71. The highest BCUT2D eigenvalue weighted by atomic mass is 79.9. The van der Waals surface area contributed by atoms with Crippen molar-refractivity contribution in [1.29, 1.82) is 0 Å². The largest absolute Gasteiger partial charge is 0.495 e. The van der Waals surface area contributed by atoms with Gasteiger partial charge in [0.15, 0.2) is 0 Å². The summed E-state index contributed by atoms with van der Waals surface area (Å²) in [7, 11) is 3.42. The summed E-state index contributed by atoms with van der Waals surface area (Å²) >= 11 is 3.36. The number of rotatable bonds is 3. The van der Waals surface area contributed by atoms with Crippen LogP contribution >= 0.6 is 15.9 Å². The molecule has 1 aromatic rings. The molecule has 0 spiro atoms. The van der Waals surface area contributed by atoms with Gasteiger partial charge in [-0.3, -0.25) is 0 Å². The zero-order valence-electron chi connectivity index (χ0n) is 7.60. The molecule has 0 fully saturated rings. The van der Waals surface area contributed by atoms with E-state index in [9.17, 15) is 0 Å². The number of benzene rings is 1. The van der Waals surface area contributed by atoms with Crippen LogP contribution in [0, 0.1) is 0 Å². The predicted octanol–water partition coefficient (Wildman–Crippen LogP) is 1.99. The second-order valence-corrected chi connectivity index (χ2v) is 3.41. The first-order valence-corrected chi connectivity index (χ1v) is 4.67. The zero-order valence-corrected chi connectivity index (χ0v) is 9.18. The third-order valence-electron chi connectivity index (χ3n) is 1.81. The smallest absolute Gasteiger partial charge is 0.142 e. The maximum absolute atomic E-state index is 9.00. The van der Waals surface area contributed by atoms with Gasteiger partial charge in [-0.15, -0.1) is 0 Å². The summed E-state index contributed by atoms with van der Waals surface area (Å²) in [5, 5.41) is 12.0. The number of aliphatic hydroxyl groups is 1. The molecule has 0 atom stereocenters. The number of aliphatic hydroxyl groups excluding tert-OH is 1. The highest BCUT2D eigenvalue weighted by Crippen LogP contribution is 2.31. The van der Waals surface area contributed by atoms with Crippen molar-refractivity contribution in [3.63, 3.8) is 0 Å². The highest BCUT2D eigenvalue weighted by molar-refractivity contribution is 9.10. The first-order chi connectivity index (χ1) is 6.22. The first-order valence-electron chi connectivity index (χ1n) is 3.88. The fraction of sp³-hybridized carbons (Fsp3) is 0.333. The molecule has 0 bridgehead atoms. The van der Waals surface area contributed by atoms with Gasteiger partial charge in [-0.25, -0.2) is 0 Å². The molecule has 0 amide bonds. The molecule has 0 unspecified atom stereocenters. The second-order valence-electron chi connectivity index (χ2n) is 2.55. The first kappa shape index (κ1) is 10.3. The maximum atomic E-state index is 9.00. The normalized spacial score (nSPS) is 9.85. The lowest BCUT2D eigenvalue weighted by atomic mass is 10.2. The van der Waals surface area contributed by atoms with E-state index in [1.807, 2.05) is 13.1 Å². The average molecular weight is 246 g/mol. The Kier molecular flexibility index (Phi) is 3.57. The molecule has 0 saturated heterocycles. The van der Waals surface area contributed by atoms with E-state index in [0.717, 1.165) is 21.5 Å². The molecule has 72 valence electrons. The van der Waals surface area contributed by atoms with Gasteiger partial charge in [0.25, 0.3) is 0 Å². The van der Waals surface area contributed by atoms with E-state index in [1.54, 1.807) is 13.2 Å². The van der Waals surface area contributed by atoms with Crippen molar-refractivity contribution in [2.75, 3.05) is 19.5 Å². The molecule has 0 aromatic heterocycles.